The van der Waals surface area contributed by atoms with Crippen LogP contribution in [0.2, 0.25) is 0 Å². The van der Waals surface area contributed by atoms with Gasteiger partial charge in [0, 0.05) is 24.4 Å². The molecule has 32 heavy (non-hydrogen) atoms. The van der Waals surface area contributed by atoms with Crippen LogP contribution in [0.1, 0.15) is 19.4 Å². The summed E-state index contributed by atoms with van der Waals surface area (Å²) in [5.41, 5.74) is 4.51. The lowest BCUT2D eigenvalue weighted by molar-refractivity contribution is -0.384. The Hall–Kier alpha value is -4.00. The van der Waals surface area contributed by atoms with Crippen LogP contribution < -0.4 is 9.64 Å². The number of anilines is 1. The van der Waals surface area contributed by atoms with E-state index in [4.69, 9.17) is 4.74 Å². The number of azo groups is 1. The number of benzene rings is 3. The molecule has 0 aliphatic carbocycles. The molecule has 3 aromatic rings. The van der Waals surface area contributed by atoms with E-state index < -0.39 is 4.92 Å². The van der Waals surface area contributed by atoms with E-state index in [1.807, 2.05) is 55.5 Å². The average molecular weight is 431 g/mol. The average Bonchev–Trinajstić information content (AvgIpc) is 2.81. The SMILES string of the molecule is C=C(C)c1ccc(OCCN(CC)c2ccc(N=Nc3ccc([N+](=O)[O-])cc3)cc2)cc1. The van der Waals surface area contributed by atoms with Gasteiger partial charge in [-0.3, -0.25) is 10.1 Å². The minimum Gasteiger partial charge on any atom is -0.492 e. The van der Waals surface area contributed by atoms with Crippen molar-refractivity contribution in [3.05, 3.63) is 95.1 Å². The summed E-state index contributed by atoms with van der Waals surface area (Å²) in [4.78, 5) is 12.5. The fourth-order valence-corrected chi connectivity index (χ4v) is 3.07. The Morgan fingerprint density at radius 1 is 0.969 bits per heavy atom. The van der Waals surface area contributed by atoms with E-state index in [0.29, 0.717) is 18.0 Å². The van der Waals surface area contributed by atoms with Crippen molar-refractivity contribution in [3.63, 3.8) is 0 Å². The van der Waals surface area contributed by atoms with Crippen molar-refractivity contribution in [1.29, 1.82) is 0 Å². The van der Waals surface area contributed by atoms with Crippen molar-refractivity contribution in [2.45, 2.75) is 13.8 Å². The molecule has 0 saturated carbocycles. The molecule has 0 aliphatic heterocycles. The first-order chi connectivity index (χ1) is 15.5. The van der Waals surface area contributed by atoms with Crippen LogP contribution in [0, 0.1) is 10.1 Å². The molecular formula is C25H26N4O3. The summed E-state index contributed by atoms with van der Waals surface area (Å²) >= 11 is 0. The molecule has 0 spiro atoms. The van der Waals surface area contributed by atoms with Crippen molar-refractivity contribution in [3.8, 4) is 5.75 Å². The van der Waals surface area contributed by atoms with Crippen LogP contribution in [0.5, 0.6) is 5.75 Å². The van der Waals surface area contributed by atoms with E-state index in [-0.39, 0.29) is 5.69 Å². The van der Waals surface area contributed by atoms with Crippen molar-refractivity contribution in [2.24, 2.45) is 10.2 Å². The molecule has 0 aliphatic rings. The number of nitrogens with zero attached hydrogens (tertiary/aromatic N) is 4. The minimum absolute atomic E-state index is 0.0285. The highest BCUT2D eigenvalue weighted by molar-refractivity contribution is 5.61. The second-order valence-corrected chi connectivity index (χ2v) is 7.22. The molecule has 164 valence electrons. The van der Waals surface area contributed by atoms with Crippen LogP contribution in [0.15, 0.2) is 89.6 Å². The minimum atomic E-state index is -0.441. The smallest absolute Gasteiger partial charge is 0.269 e. The van der Waals surface area contributed by atoms with Crippen LogP contribution in [0.4, 0.5) is 22.7 Å². The zero-order valence-corrected chi connectivity index (χ0v) is 18.3. The predicted molar refractivity (Wildman–Crippen MR) is 128 cm³/mol. The molecular weight excluding hydrogens is 404 g/mol. The Morgan fingerprint density at radius 2 is 1.53 bits per heavy atom. The molecule has 0 fully saturated rings. The van der Waals surface area contributed by atoms with E-state index in [9.17, 15) is 10.1 Å². The van der Waals surface area contributed by atoms with Crippen molar-refractivity contribution >= 4 is 28.3 Å². The van der Waals surface area contributed by atoms with Crippen LogP contribution in [-0.4, -0.2) is 24.6 Å². The first-order valence-electron chi connectivity index (χ1n) is 10.4. The summed E-state index contributed by atoms with van der Waals surface area (Å²) in [5.74, 6) is 0.841. The van der Waals surface area contributed by atoms with Gasteiger partial charge in [-0.25, -0.2) is 0 Å². The number of ether oxygens (including phenoxy) is 1. The highest BCUT2D eigenvalue weighted by Crippen LogP contribution is 2.24. The van der Waals surface area contributed by atoms with E-state index in [0.717, 1.165) is 35.7 Å². The van der Waals surface area contributed by atoms with Crippen molar-refractivity contribution in [1.82, 2.24) is 0 Å². The third-order valence-electron chi connectivity index (χ3n) is 4.92. The third kappa shape index (κ3) is 6.25. The summed E-state index contributed by atoms with van der Waals surface area (Å²) < 4.78 is 5.88. The molecule has 0 aromatic heterocycles. The third-order valence-corrected chi connectivity index (χ3v) is 4.92. The van der Waals surface area contributed by atoms with E-state index in [2.05, 4.69) is 28.6 Å². The van der Waals surface area contributed by atoms with Crippen LogP contribution in [0.3, 0.4) is 0 Å². The number of rotatable bonds is 10. The van der Waals surface area contributed by atoms with E-state index >= 15 is 0 Å². The van der Waals surface area contributed by atoms with Gasteiger partial charge in [0.2, 0.25) is 0 Å². The van der Waals surface area contributed by atoms with Gasteiger partial charge in [0.05, 0.1) is 22.8 Å². The van der Waals surface area contributed by atoms with Crippen LogP contribution in [0.25, 0.3) is 5.57 Å². The summed E-state index contributed by atoms with van der Waals surface area (Å²) in [6, 6.07) is 21.7. The van der Waals surface area contributed by atoms with Gasteiger partial charge in [0.1, 0.15) is 12.4 Å². The second-order valence-electron chi connectivity index (χ2n) is 7.22. The zero-order valence-electron chi connectivity index (χ0n) is 18.3. The monoisotopic (exact) mass is 430 g/mol. The molecule has 0 atom stereocenters. The largest absolute Gasteiger partial charge is 0.492 e. The van der Waals surface area contributed by atoms with Gasteiger partial charge >= 0.3 is 0 Å². The van der Waals surface area contributed by atoms with Crippen molar-refractivity contribution < 1.29 is 9.66 Å². The maximum atomic E-state index is 10.7. The van der Waals surface area contributed by atoms with Gasteiger partial charge in [-0.2, -0.15) is 10.2 Å². The summed E-state index contributed by atoms with van der Waals surface area (Å²) in [5, 5.41) is 19.1. The summed E-state index contributed by atoms with van der Waals surface area (Å²) in [7, 11) is 0. The van der Waals surface area contributed by atoms with Gasteiger partial charge in [-0.1, -0.05) is 24.3 Å². The Bertz CT molecular complexity index is 1080. The second kappa shape index (κ2) is 10.9. The molecule has 3 aromatic carbocycles. The maximum Gasteiger partial charge on any atom is 0.269 e. The molecule has 0 N–H and O–H groups in total. The molecule has 7 heteroatoms. The Labute approximate surface area is 187 Å². The lowest BCUT2D eigenvalue weighted by atomic mass is 10.1. The molecule has 0 unspecified atom stereocenters. The van der Waals surface area contributed by atoms with Gasteiger partial charge < -0.3 is 9.64 Å². The Kier molecular flexibility index (Phi) is 7.70. The number of non-ortho nitro benzene ring substituents is 1. The topological polar surface area (TPSA) is 80.3 Å². The van der Waals surface area contributed by atoms with Gasteiger partial charge in [-0.15, -0.1) is 0 Å². The first-order valence-corrected chi connectivity index (χ1v) is 10.4. The fraction of sp³-hybridized carbons (Fsp3) is 0.200. The molecule has 0 radical (unpaired) electrons. The lowest BCUT2D eigenvalue weighted by Gasteiger charge is -2.23. The molecule has 0 saturated heterocycles. The lowest BCUT2D eigenvalue weighted by Crippen LogP contribution is -2.27. The van der Waals surface area contributed by atoms with E-state index in [1.54, 1.807) is 12.1 Å². The zero-order chi connectivity index (χ0) is 22.9. The normalized spacial score (nSPS) is 10.8. The number of likely N-dealkylation sites (N-methyl/N-ethyl adjacent to an activating group) is 1. The van der Waals surface area contributed by atoms with Gasteiger partial charge in [0.25, 0.3) is 5.69 Å². The predicted octanol–water partition coefficient (Wildman–Crippen LogP) is 6.95. The summed E-state index contributed by atoms with van der Waals surface area (Å²) in [6.07, 6.45) is 0. The summed E-state index contributed by atoms with van der Waals surface area (Å²) in [6.45, 7) is 10.2. The first kappa shape index (κ1) is 22.7. The molecule has 0 heterocycles. The fourth-order valence-electron chi connectivity index (χ4n) is 3.07. The maximum absolute atomic E-state index is 10.7. The van der Waals surface area contributed by atoms with Gasteiger partial charge in [0.15, 0.2) is 0 Å². The standard InChI is InChI=1S/C25H26N4O3/c1-4-28(17-18-32-25-15-5-20(6-16-25)19(2)3)23-11-7-21(8-12-23)26-27-22-9-13-24(14-10-22)29(30)31/h5-16H,2,4,17-18H2,1,3H3. The number of hydrogen-bond acceptors (Lipinski definition) is 6. The quantitative estimate of drug-likeness (QED) is 0.198. The van der Waals surface area contributed by atoms with E-state index in [1.165, 1.54) is 12.1 Å². The Morgan fingerprint density at radius 3 is 2.03 bits per heavy atom. The highest BCUT2D eigenvalue weighted by atomic mass is 16.6. The number of hydrogen-bond donors (Lipinski definition) is 0. The van der Waals surface area contributed by atoms with Crippen LogP contribution in [-0.2, 0) is 0 Å². The highest BCUT2D eigenvalue weighted by Gasteiger charge is 2.06. The molecule has 3 rings (SSSR count). The van der Waals surface area contributed by atoms with Crippen molar-refractivity contribution in [2.75, 3.05) is 24.6 Å². The van der Waals surface area contributed by atoms with Crippen LogP contribution >= 0.6 is 0 Å². The molecule has 0 bridgehead atoms. The molecule has 0 amide bonds. The molecule has 7 nitrogen and oxygen atoms in total. The number of nitro benzene ring substituents is 1. The Balaban J connectivity index is 1.54. The number of nitro groups is 1. The number of allylic oxidation sites excluding steroid dienone is 1. The van der Waals surface area contributed by atoms with Gasteiger partial charge in [-0.05, 0) is 67.9 Å².